The first-order valence-electron chi connectivity index (χ1n) is 7.55. The summed E-state index contributed by atoms with van der Waals surface area (Å²) in [6.45, 7) is 4.32. The molecule has 0 unspecified atom stereocenters. The largest absolute Gasteiger partial charge is 0.492 e. The van der Waals surface area contributed by atoms with Gasteiger partial charge < -0.3 is 19.8 Å². The Morgan fingerprint density at radius 2 is 2.19 bits per heavy atom. The van der Waals surface area contributed by atoms with Crippen LogP contribution in [-0.2, 0) is 11.3 Å². The van der Waals surface area contributed by atoms with Crippen molar-refractivity contribution in [3.8, 4) is 5.75 Å². The number of fused-ring (bicyclic) bond motifs is 1. The van der Waals surface area contributed by atoms with Crippen molar-refractivity contribution >= 4 is 17.0 Å². The van der Waals surface area contributed by atoms with Gasteiger partial charge in [-0.1, -0.05) is 6.07 Å². The minimum Gasteiger partial charge on any atom is -0.492 e. The van der Waals surface area contributed by atoms with Crippen molar-refractivity contribution in [1.29, 1.82) is 0 Å². The molecule has 1 heterocycles. The van der Waals surface area contributed by atoms with Crippen molar-refractivity contribution < 1.29 is 9.47 Å². The number of ether oxygens (including phenoxy) is 2. The molecule has 2 N–H and O–H groups in total. The van der Waals surface area contributed by atoms with Gasteiger partial charge in [0.1, 0.15) is 11.3 Å². The molecule has 2 aromatic rings. The minimum atomic E-state index is 0.333. The molecule has 1 aromatic carbocycles. The number of rotatable bonds is 7. The summed E-state index contributed by atoms with van der Waals surface area (Å²) in [7, 11) is 1.76. The topological polar surface area (TPSA) is 62.3 Å². The monoisotopic (exact) mass is 289 g/mol. The average Bonchev–Trinajstić information content (AvgIpc) is 3.18. The van der Waals surface area contributed by atoms with Gasteiger partial charge in [-0.3, -0.25) is 0 Å². The molecule has 1 fully saturated rings. The molecule has 114 valence electrons. The van der Waals surface area contributed by atoms with Crippen LogP contribution in [0.3, 0.4) is 0 Å². The molecule has 0 atom stereocenters. The first-order valence-corrected chi connectivity index (χ1v) is 7.55. The zero-order chi connectivity index (χ0) is 14.9. The van der Waals surface area contributed by atoms with E-state index < -0.39 is 0 Å². The third kappa shape index (κ3) is 2.70. The van der Waals surface area contributed by atoms with E-state index in [2.05, 4.69) is 15.6 Å². The molecule has 5 nitrogen and oxygen atoms in total. The lowest BCUT2D eigenvalue weighted by Gasteiger charge is -2.17. The van der Waals surface area contributed by atoms with Crippen LogP contribution < -0.4 is 10.5 Å². The zero-order valence-electron chi connectivity index (χ0n) is 12.8. The third-order valence-corrected chi connectivity index (χ3v) is 4.36. The Labute approximate surface area is 125 Å². The minimum absolute atomic E-state index is 0.333. The number of imidazole rings is 1. The first kappa shape index (κ1) is 14.2. The van der Waals surface area contributed by atoms with Gasteiger partial charge in [0.25, 0.3) is 0 Å². The maximum Gasteiger partial charge on any atom is 0.201 e. The van der Waals surface area contributed by atoms with E-state index >= 15 is 0 Å². The van der Waals surface area contributed by atoms with E-state index in [1.54, 1.807) is 7.11 Å². The highest BCUT2D eigenvalue weighted by molar-refractivity contribution is 5.84. The summed E-state index contributed by atoms with van der Waals surface area (Å²) in [6.07, 6.45) is 3.55. The number of nitrogens with zero attached hydrogens (tertiary/aromatic N) is 2. The summed E-state index contributed by atoms with van der Waals surface area (Å²) < 4.78 is 13.0. The van der Waals surface area contributed by atoms with E-state index in [4.69, 9.17) is 15.2 Å². The van der Waals surface area contributed by atoms with Gasteiger partial charge in [0.05, 0.1) is 12.1 Å². The van der Waals surface area contributed by atoms with Crippen molar-refractivity contribution in [2.45, 2.75) is 32.7 Å². The number of para-hydroxylation sites is 1. The van der Waals surface area contributed by atoms with Gasteiger partial charge in [0.2, 0.25) is 5.95 Å². The van der Waals surface area contributed by atoms with Crippen LogP contribution in [0, 0.1) is 5.41 Å². The molecule has 5 heteroatoms. The fourth-order valence-electron chi connectivity index (χ4n) is 2.90. The normalized spacial score (nSPS) is 16.3. The molecular formula is C16H23N3O2. The van der Waals surface area contributed by atoms with Crippen LogP contribution in [0.5, 0.6) is 5.75 Å². The Morgan fingerprint density at radius 1 is 1.38 bits per heavy atom. The summed E-state index contributed by atoms with van der Waals surface area (Å²) in [6, 6.07) is 6.01. The molecule has 1 aliphatic rings. The van der Waals surface area contributed by atoms with Gasteiger partial charge >= 0.3 is 0 Å². The molecule has 0 saturated heterocycles. The molecule has 1 aliphatic carbocycles. The van der Waals surface area contributed by atoms with E-state index in [0.717, 1.165) is 36.4 Å². The smallest absolute Gasteiger partial charge is 0.201 e. The first-order chi connectivity index (χ1) is 10.2. The number of nitrogens with two attached hydrogens (primary N) is 1. The van der Waals surface area contributed by atoms with Crippen molar-refractivity contribution in [3.05, 3.63) is 18.2 Å². The van der Waals surface area contributed by atoms with Crippen LogP contribution in [0.25, 0.3) is 11.0 Å². The SMILES string of the molecule is CCOc1cccc2c1nc(N)n2CC1(CCOC)CC1. The van der Waals surface area contributed by atoms with E-state index in [-0.39, 0.29) is 0 Å². The van der Waals surface area contributed by atoms with E-state index in [1.165, 1.54) is 12.8 Å². The highest BCUT2D eigenvalue weighted by Crippen LogP contribution is 2.51. The second kappa shape index (κ2) is 5.56. The quantitative estimate of drug-likeness (QED) is 0.851. The fourth-order valence-corrected chi connectivity index (χ4v) is 2.90. The summed E-state index contributed by atoms with van der Waals surface area (Å²) in [4.78, 5) is 4.51. The van der Waals surface area contributed by atoms with Crippen LogP contribution in [0.15, 0.2) is 18.2 Å². The lowest BCUT2D eigenvalue weighted by molar-refractivity contribution is 0.167. The lowest BCUT2D eigenvalue weighted by atomic mass is 10.0. The van der Waals surface area contributed by atoms with Crippen molar-refractivity contribution in [2.24, 2.45) is 5.41 Å². The summed E-state index contributed by atoms with van der Waals surface area (Å²) in [5, 5.41) is 0. The lowest BCUT2D eigenvalue weighted by Crippen LogP contribution is -2.15. The van der Waals surface area contributed by atoms with Crippen LogP contribution >= 0.6 is 0 Å². The standard InChI is InChI=1S/C16H23N3O2/c1-3-21-13-6-4-5-12-14(13)18-15(17)19(12)11-16(7-8-16)9-10-20-2/h4-6H,3,7-11H2,1-2H3,(H2,17,18). The fraction of sp³-hybridized carbons (Fsp3) is 0.562. The summed E-state index contributed by atoms with van der Waals surface area (Å²) >= 11 is 0. The Balaban J connectivity index is 1.92. The zero-order valence-corrected chi connectivity index (χ0v) is 12.8. The predicted octanol–water partition coefficient (Wildman–Crippen LogP) is 2.83. The van der Waals surface area contributed by atoms with Crippen molar-refractivity contribution in [3.63, 3.8) is 0 Å². The molecule has 0 aliphatic heterocycles. The highest BCUT2D eigenvalue weighted by Gasteiger charge is 2.43. The van der Waals surface area contributed by atoms with Crippen LogP contribution in [-0.4, -0.2) is 29.9 Å². The maximum absolute atomic E-state index is 6.15. The Hall–Kier alpha value is -1.75. The summed E-state index contributed by atoms with van der Waals surface area (Å²) in [5.74, 6) is 1.38. The van der Waals surface area contributed by atoms with Crippen LogP contribution in [0.1, 0.15) is 26.2 Å². The molecule has 3 rings (SSSR count). The summed E-state index contributed by atoms with van der Waals surface area (Å²) in [5.41, 5.74) is 8.40. The van der Waals surface area contributed by atoms with Gasteiger partial charge in [-0.05, 0) is 43.7 Å². The van der Waals surface area contributed by atoms with Crippen LogP contribution in [0.2, 0.25) is 0 Å². The van der Waals surface area contributed by atoms with E-state index in [9.17, 15) is 0 Å². The molecular weight excluding hydrogens is 266 g/mol. The predicted molar refractivity (Wildman–Crippen MR) is 83.5 cm³/mol. The number of hydrogen-bond acceptors (Lipinski definition) is 4. The molecule has 1 aromatic heterocycles. The number of benzene rings is 1. The van der Waals surface area contributed by atoms with Crippen LogP contribution in [0.4, 0.5) is 5.95 Å². The van der Waals surface area contributed by atoms with Gasteiger partial charge in [0, 0.05) is 20.3 Å². The third-order valence-electron chi connectivity index (χ3n) is 4.36. The number of methoxy groups -OCH3 is 1. The second-order valence-corrected chi connectivity index (χ2v) is 5.86. The second-order valence-electron chi connectivity index (χ2n) is 5.86. The maximum atomic E-state index is 6.15. The molecule has 21 heavy (non-hydrogen) atoms. The number of hydrogen-bond donors (Lipinski definition) is 1. The van der Waals surface area contributed by atoms with Gasteiger partial charge in [-0.2, -0.15) is 0 Å². The van der Waals surface area contributed by atoms with Gasteiger partial charge in [-0.15, -0.1) is 0 Å². The molecule has 0 spiro atoms. The molecule has 0 bridgehead atoms. The Morgan fingerprint density at radius 3 is 2.86 bits per heavy atom. The Bertz CT molecular complexity index is 632. The average molecular weight is 289 g/mol. The van der Waals surface area contributed by atoms with Gasteiger partial charge in [-0.25, -0.2) is 4.98 Å². The molecule has 0 amide bonds. The number of anilines is 1. The highest BCUT2D eigenvalue weighted by atomic mass is 16.5. The van der Waals surface area contributed by atoms with Crippen molar-refractivity contribution in [2.75, 3.05) is 26.1 Å². The van der Waals surface area contributed by atoms with E-state index in [0.29, 0.717) is 18.0 Å². The number of nitrogen functional groups attached to an aromatic ring is 1. The molecule has 0 radical (unpaired) electrons. The Kier molecular flexibility index (Phi) is 3.76. The van der Waals surface area contributed by atoms with E-state index in [1.807, 2.05) is 19.1 Å². The van der Waals surface area contributed by atoms with Gasteiger partial charge in [0.15, 0.2) is 0 Å². The molecule has 1 saturated carbocycles. The number of aromatic nitrogens is 2. The van der Waals surface area contributed by atoms with Crippen molar-refractivity contribution in [1.82, 2.24) is 9.55 Å².